The van der Waals surface area contributed by atoms with Gasteiger partial charge < -0.3 is 5.32 Å². The second kappa shape index (κ2) is 4.97. The Bertz CT molecular complexity index is 384. The van der Waals surface area contributed by atoms with Gasteiger partial charge in [-0.2, -0.15) is 17.5 Å². The second-order valence-corrected chi connectivity index (χ2v) is 6.91. The fourth-order valence-corrected chi connectivity index (χ4v) is 3.09. The van der Waals surface area contributed by atoms with Crippen LogP contribution in [0.2, 0.25) is 0 Å². The molecule has 0 aromatic rings. The molecular weight excluding hydrogens is 269 g/mol. The lowest BCUT2D eigenvalue weighted by Gasteiger charge is -2.32. The minimum absolute atomic E-state index is 0.0514. The van der Waals surface area contributed by atoms with Crippen molar-refractivity contribution in [3.63, 3.8) is 0 Å². The molecular formula is C10H17F3N2O2S. The minimum atomic E-state index is -5.18. The molecule has 0 amide bonds. The Hall–Kier alpha value is -0.340. The van der Waals surface area contributed by atoms with E-state index in [0.29, 0.717) is 23.1 Å². The molecule has 0 aromatic carbocycles. The Morgan fingerprint density at radius 1 is 1.11 bits per heavy atom. The molecule has 2 aliphatic rings. The van der Waals surface area contributed by atoms with Crippen LogP contribution < -0.4 is 5.32 Å². The van der Waals surface area contributed by atoms with Gasteiger partial charge in [-0.1, -0.05) is 0 Å². The van der Waals surface area contributed by atoms with Crippen molar-refractivity contribution in [3.8, 4) is 0 Å². The maximum atomic E-state index is 12.3. The topological polar surface area (TPSA) is 49.4 Å². The van der Waals surface area contributed by atoms with Crippen LogP contribution in [-0.2, 0) is 10.0 Å². The predicted molar refractivity (Wildman–Crippen MR) is 60.3 cm³/mol. The molecule has 1 saturated heterocycles. The SMILES string of the molecule is O=S(=O)(N1CCC(NCC2CC2)CC1)C(F)(F)F. The van der Waals surface area contributed by atoms with E-state index in [-0.39, 0.29) is 19.1 Å². The first-order valence-corrected chi connectivity index (χ1v) is 7.54. The number of rotatable bonds is 4. The Labute approximate surface area is 105 Å². The number of hydrogen-bond donors (Lipinski definition) is 1. The van der Waals surface area contributed by atoms with Gasteiger partial charge in [0.15, 0.2) is 0 Å². The molecule has 0 unspecified atom stereocenters. The Morgan fingerprint density at radius 3 is 2.11 bits per heavy atom. The van der Waals surface area contributed by atoms with E-state index in [9.17, 15) is 21.6 Å². The first-order chi connectivity index (χ1) is 8.30. The highest BCUT2D eigenvalue weighted by Crippen LogP contribution is 2.30. The molecule has 1 saturated carbocycles. The van der Waals surface area contributed by atoms with Crippen molar-refractivity contribution >= 4 is 10.0 Å². The fourth-order valence-electron chi connectivity index (χ4n) is 2.10. The van der Waals surface area contributed by atoms with Crippen molar-refractivity contribution in [2.24, 2.45) is 5.92 Å². The molecule has 0 spiro atoms. The van der Waals surface area contributed by atoms with E-state index in [1.807, 2.05) is 0 Å². The zero-order chi connectivity index (χ0) is 13.4. The molecule has 8 heteroatoms. The summed E-state index contributed by atoms with van der Waals surface area (Å²) >= 11 is 0. The van der Waals surface area contributed by atoms with Crippen molar-refractivity contribution in [3.05, 3.63) is 0 Å². The molecule has 0 bridgehead atoms. The molecule has 2 fully saturated rings. The standard InChI is InChI=1S/C10H17F3N2O2S/c11-10(12,13)18(16,17)15-5-3-9(4-6-15)14-7-8-1-2-8/h8-9,14H,1-7H2. The first-order valence-electron chi connectivity index (χ1n) is 6.10. The van der Waals surface area contributed by atoms with Crippen LogP contribution in [0.1, 0.15) is 25.7 Å². The Balaban J connectivity index is 1.82. The summed E-state index contributed by atoms with van der Waals surface area (Å²) in [6, 6.07) is 0.144. The second-order valence-electron chi connectivity index (χ2n) is 4.98. The number of nitrogens with zero attached hydrogens (tertiary/aromatic N) is 1. The average molecular weight is 286 g/mol. The quantitative estimate of drug-likeness (QED) is 0.847. The highest BCUT2D eigenvalue weighted by atomic mass is 32.2. The van der Waals surface area contributed by atoms with Crippen LogP contribution in [0.25, 0.3) is 0 Å². The Kier molecular flexibility index (Phi) is 3.89. The summed E-state index contributed by atoms with van der Waals surface area (Å²) in [5, 5.41) is 3.29. The number of hydrogen-bond acceptors (Lipinski definition) is 3. The number of alkyl halides is 3. The molecule has 1 N–H and O–H groups in total. The van der Waals surface area contributed by atoms with Crippen LogP contribution in [0.15, 0.2) is 0 Å². The zero-order valence-corrected chi connectivity index (χ0v) is 10.7. The van der Waals surface area contributed by atoms with Gasteiger partial charge in [-0.25, -0.2) is 8.42 Å². The third kappa shape index (κ3) is 3.16. The summed E-state index contributed by atoms with van der Waals surface area (Å²) in [6.45, 7) is 0.797. The lowest BCUT2D eigenvalue weighted by molar-refractivity contribution is -0.0495. The zero-order valence-electron chi connectivity index (χ0n) is 9.91. The fraction of sp³-hybridized carbons (Fsp3) is 1.00. The highest BCUT2D eigenvalue weighted by molar-refractivity contribution is 7.90. The van der Waals surface area contributed by atoms with Gasteiger partial charge >= 0.3 is 15.5 Å². The number of nitrogens with one attached hydrogen (secondary N) is 1. The van der Waals surface area contributed by atoms with E-state index in [0.717, 1.165) is 6.54 Å². The van der Waals surface area contributed by atoms with Crippen molar-refractivity contribution in [2.45, 2.75) is 37.2 Å². The van der Waals surface area contributed by atoms with Gasteiger partial charge in [0.25, 0.3) is 0 Å². The molecule has 1 heterocycles. The van der Waals surface area contributed by atoms with Crippen molar-refractivity contribution < 1.29 is 21.6 Å². The summed E-state index contributed by atoms with van der Waals surface area (Å²) in [5.74, 6) is 0.710. The van der Waals surface area contributed by atoms with Crippen LogP contribution in [0.3, 0.4) is 0 Å². The van der Waals surface area contributed by atoms with Gasteiger partial charge in [0.1, 0.15) is 0 Å². The van der Waals surface area contributed by atoms with Crippen LogP contribution in [0.5, 0.6) is 0 Å². The van der Waals surface area contributed by atoms with Crippen molar-refractivity contribution in [1.29, 1.82) is 0 Å². The lowest BCUT2D eigenvalue weighted by atomic mass is 10.1. The maximum Gasteiger partial charge on any atom is 0.511 e. The number of piperidine rings is 1. The number of halogens is 3. The molecule has 0 aromatic heterocycles. The van der Waals surface area contributed by atoms with Crippen molar-refractivity contribution in [1.82, 2.24) is 9.62 Å². The van der Waals surface area contributed by atoms with Gasteiger partial charge in [0, 0.05) is 19.1 Å². The minimum Gasteiger partial charge on any atom is -0.314 e. The van der Waals surface area contributed by atoms with E-state index < -0.39 is 15.5 Å². The lowest BCUT2D eigenvalue weighted by Crippen LogP contribution is -2.48. The Morgan fingerprint density at radius 2 is 1.67 bits per heavy atom. The van der Waals surface area contributed by atoms with Gasteiger partial charge in [-0.3, -0.25) is 0 Å². The molecule has 1 aliphatic carbocycles. The van der Waals surface area contributed by atoms with E-state index >= 15 is 0 Å². The number of sulfonamides is 1. The van der Waals surface area contributed by atoms with Crippen LogP contribution in [0, 0.1) is 5.92 Å². The average Bonchev–Trinajstić information content (AvgIpc) is 3.09. The van der Waals surface area contributed by atoms with Crippen LogP contribution >= 0.6 is 0 Å². The summed E-state index contributed by atoms with van der Waals surface area (Å²) in [6.07, 6.45) is 3.33. The molecule has 0 atom stereocenters. The molecule has 1 aliphatic heterocycles. The van der Waals surface area contributed by atoms with E-state index in [4.69, 9.17) is 0 Å². The highest BCUT2D eigenvalue weighted by Gasteiger charge is 2.50. The largest absolute Gasteiger partial charge is 0.511 e. The van der Waals surface area contributed by atoms with Crippen LogP contribution in [-0.4, -0.2) is 43.9 Å². The van der Waals surface area contributed by atoms with E-state index in [1.54, 1.807) is 0 Å². The molecule has 4 nitrogen and oxygen atoms in total. The molecule has 106 valence electrons. The first kappa shape index (κ1) is 14.1. The van der Waals surface area contributed by atoms with Gasteiger partial charge in [0.2, 0.25) is 0 Å². The van der Waals surface area contributed by atoms with Crippen molar-refractivity contribution in [2.75, 3.05) is 19.6 Å². The summed E-state index contributed by atoms with van der Waals surface area (Å²) in [4.78, 5) is 0. The predicted octanol–water partition coefficient (Wildman–Crippen LogP) is 1.30. The maximum absolute atomic E-state index is 12.3. The van der Waals surface area contributed by atoms with Gasteiger partial charge in [-0.05, 0) is 38.1 Å². The smallest absolute Gasteiger partial charge is 0.314 e. The third-order valence-electron chi connectivity index (χ3n) is 3.48. The van der Waals surface area contributed by atoms with Gasteiger partial charge in [0.05, 0.1) is 0 Å². The molecule has 0 radical (unpaired) electrons. The van der Waals surface area contributed by atoms with Crippen LogP contribution in [0.4, 0.5) is 13.2 Å². The van der Waals surface area contributed by atoms with E-state index in [1.165, 1.54) is 12.8 Å². The normalized spacial score (nSPS) is 24.4. The third-order valence-corrected chi connectivity index (χ3v) is 5.11. The van der Waals surface area contributed by atoms with Gasteiger partial charge in [-0.15, -0.1) is 0 Å². The van der Waals surface area contributed by atoms with E-state index in [2.05, 4.69) is 5.32 Å². The summed E-state index contributed by atoms with van der Waals surface area (Å²) < 4.78 is 59.9. The molecule has 2 rings (SSSR count). The summed E-state index contributed by atoms with van der Waals surface area (Å²) in [7, 11) is -5.14. The monoisotopic (exact) mass is 286 g/mol. The summed E-state index contributed by atoms with van der Waals surface area (Å²) in [5.41, 5.74) is -5.18. The molecule has 18 heavy (non-hydrogen) atoms.